The zero-order valence-corrected chi connectivity index (χ0v) is 25.4. The van der Waals surface area contributed by atoms with Gasteiger partial charge in [0.05, 0.1) is 13.2 Å². The minimum absolute atomic E-state index is 0.0203. The van der Waals surface area contributed by atoms with Crippen LogP contribution in [0.3, 0.4) is 0 Å². The molecule has 5 aliphatic carbocycles. The van der Waals surface area contributed by atoms with Gasteiger partial charge in [0.25, 0.3) is 0 Å². The summed E-state index contributed by atoms with van der Waals surface area (Å²) in [6.45, 7) is 18.2. The highest BCUT2D eigenvalue weighted by molar-refractivity contribution is 5.79. The zero-order chi connectivity index (χ0) is 28.1. The van der Waals surface area contributed by atoms with E-state index in [-0.39, 0.29) is 51.0 Å². The Labute approximate surface area is 230 Å². The molecule has 0 aromatic rings. The third kappa shape index (κ3) is 3.51. The van der Waals surface area contributed by atoms with Gasteiger partial charge in [0, 0.05) is 12.3 Å². The first-order chi connectivity index (χ1) is 17.5. The maximum atomic E-state index is 13.5. The number of ether oxygens (including phenoxy) is 2. The minimum Gasteiger partial charge on any atom is -0.468 e. The fraction of sp³-hybridized carbons (Fsp3) is 0.879. The van der Waals surface area contributed by atoms with Crippen molar-refractivity contribution in [1.29, 1.82) is 0 Å². The number of aliphatic hydroxyl groups is 1. The van der Waals surface area contributed by atoms with Gasteiger partial charge in [0.2, 0.25) is 0 Å². The van der Waals surface area contributed by atoms with Gasteiger partial charge in [-0.05, 0) is 97.2 Å². The lowest BCUT2D eigenvalue weighted by atomic mass is 9.33. The predicted molar refractivity (Wildman–Crippen MR) is 148 cm³/mol. The summed E-state index contributed by atoms with van der Waals surface area (Å²) in [6.07, 6.45) is 10.1. The van der Waals surface area contributed by atoms with Crippen molar-refractivity contribution in [1.82, 2.24) is 0 Å². The van der Waals surface area contributed by atoms with Crippen LogP contribution in [0, 0.1) is 50.2 Å². The molecule has 0 amide bonds. The molecule has 0 heterocycles. The molecule has 0 spiro atoms. The first-order valence-electron chi connectivity index (χ1n) is 15.1. The summed E-state index contributed by atoms with van der Waals surface area (Å²) in [4.78, 5) is 25.4. The van der Waals surface area contributed by atoms with Gasteiger partial charge < -0.3 is 14.6 Å². The van der Waals surface area contributed by atoms with Crippen LogP contribution in [0.5, 0.6) is 0 Å². The third-order valence-electron chi connectivity index (χ3n) is 13.5. The van der Waals surface area contributed by atoms with Gasteiger partial charge >= 0.3 is 11.9 Å². The van der Waals surface area contributed by atoms with Gasteiger partial charge in [0.1, 0.15) is 11.5 Å². The van der Waals surface area contributed by atoms with Crippen molar-refractivity contribution < 1.29 is 24.2 Å². The Kier molecular flexibility index (Phi) is 6.36. The van der Waals surface area contributed by atoms with Gasteiger partial charge in [-0.25, -0.2) is 0 Å². The number of hydrogen-bond acceptors (Lipinski definition) is 5. The highest BCUT2D eigenvalue weighted by atomic mass is 16.5. The third-order valence-corrected chi connectivity index (χ3v) is 13.5. The van der Waals surface area contributed by atoms with E-state index in [4.69, 9.17) is 9.47 Å². The summed E-state index contributed by atoms with van der Waals surface area (Å²) in [5.41, 5.74) is 0.629. The molecule has 5 heteroatoms. The fourth-order valence-corrected chi connectivity index (χ4v) is 11.3. The molecule has 0 aromatic carbocycles. The van der Waals surface area contributed by atoms with Gasteiger partial charge in [-0.2, -0.15) is 0 Å². The molecular weight excluding hydrogens is 476 g/mol. The molecule has 5 aliphatic rings. The average Bonchev–Trinajstić information content (AvgIpc) is 2.80. The van der Waals surface area contributed by atoms with Crippen molar-refractivity contribution in [2.75, 3.05) is 7.11 Å². The molecule has 4 fully saturated rings. The molecule has 0 bridgehead atoms. The normalized spacial score (nSPS) is 48.8. The SMILES string of the molecule is COC(=O)[C@]12CCC(C)(C)C[C@@H]1C1=CC[C@@H]3[C@@]4(C)CC[C@H](OC(C)=O)C(C)(C)[C@@H]4CC[C@@]3(C)[C@]1(C)C[C@H]2O. The van der Waals surface area contributed by atoms with Crippen molar-refractivity contribution in [2.24, 2.45) is 50.2 Å². The summed E-state index contributed by atoms with van der Waals surface area (Å²) >= 11 is 0. The summed E-state index contributed by atoms with van der Waals surface area (Å²) in [5.74, 6) is 0.579. The van der Waals surface area contributed by atoms with Crippen molar-refractivity contribution in [3.8, 4) is 0 Å². The second-order valence-corrected chi connectivity index (χ2v) is 15.9. The summed E-state index contributed by atoms with van der Waals surface area (Å²) in [7, 11) is 1.48. The highest BCUT2D eigenvalue weighted by Crippen LogP contribution is 2.75. The van der Waals surface area contributed by atoms with Gasteiger partial charge in [-0.1, -0.05) is 60.1 Å². The monoisotopic (exact) mass is 528 g/mol. The van der Waals surface area contributed by atoms with Gasteiger partial charge in [-0.15, -0.1) is 0 Å². The van der Waals surface area contributed by atoms with E-state index >= 15 is 0 Å². The van der Waals surface area contributed by atoms with E-state index in [2.05, 4.69) is 54.5 Å². The largest absolute Gasteiger partial charge is 0.468 e. The van der Waals surface area contributed by atoms with Crippen LogP contribution in [0.1, 0.15) is 113 Å². The summed E-state index contributed by atoms with van der Waals surface area (Å²) in [5, 5.41) is 12.0. The van der Waals surface area contributed by atoms with Crippen LogP contribution in [-0.2, 0) is 19.1 Å². The number of allylic oxidation sites excluding steroid dienone is 2. The van der Waals surface area contributed by atoms with Crippen LogP contribution < -0.4 is 0 Å². The molecule has 214 valence electrons. The van der Waals surface area contributed by atoms with E-state index in [0.29, 0.717) is 24.7 Å². The first kappa shape index (κ1) is 28.2. The number of carbonyl (C=O) groups excluding carboxylic acids is 2. The number of hydrogen-bond donors (Lipinski definition) is 1. The second-order valence-electron chi connectivity index (χ2n) is 15.9. The molecule has 0 aliphatic heterocycles. The molecule has 1 N–H and O–H groups in total. The van der Waals surface area contributed by atoms with Crippen LogP contribution in [0.25, 0.3) is 0 Å². The maximum Gasteiger partial charge on any atom is 0.315 e. The molecule has 0 aromatic heterocycles. The number of methoxy groups -OCH3 is 1. The summed E-state index contributed by atoms with van der Waals surface area (Å²) < 4.78 is 11.3. The smallest absolute Gasteiger partial charge is 0.315 e. The van der Waals surface area contributed by atoms with Crippen molar-refractivity contribution >= 4 is 11.9 Å². The molecular formula is C33H52O5. The van der Waals surface area contributed by atoms with Crippen molar-refractivity contribution in [3.63, 3.8) is 0 Å². The lowest BCUT2D eigenvalue weighted by molar-refractivity contribution is -0.223. The zero-order valence-electron chi connectivity index (χ0n) is 25.4. The predicted octanol–water partition coefficient (Wildman–Crippen LogP) is 6.86. The lowest BCUT2D eigenvalue weighted by Crippen LogP contribution is -2.67. The minimum atomic E-state index is -0.829. The van der Waals surface area contributed by atoms with E-state index in [1.54, 1.807) is 0 Å². The van der Waals surface area contributed by atoms with Crippen molar-refractivity contribution in [2.45, 2.75) is 125 Å². The van der Waals surface area contributed by atoms with Crippen molar-refractivity contribution in [3.05, 3.63) is 11.6 Å². The van der Waals surface area contributed by atoms with E-state index in [1.165, 1.54) is 19.6 Å². The lowest BCUT2D eigenvalue weighted by Gasteiger charge is -2.71. The van der Waals surface area contributed by atoms with E-state index in [1.807, 2.05) is 0 Å². The number of esters is 2. The molecule has 0 radical (unpaired) electrons. The van der Waals surface area contributed by atoms with Gasteiger partial charge in [-0.3, -0.25) is 9.59 Å². The van der Waals surface area contributed by atoms with E-state index in [9.17, 15) is 14.7 Å². The van der Waals surface area contributed by atoms with Crippen LogP contribution in [0.15, 0.2) is 11.6 Å². The van der Waals surface area contributed by atoms with Crippen LogP contribution >= 0.6 is 0 Å². The highest BCUT2D eigenvalue weighted by Gasteiger charge is 2.71. The molecule has 9 atom stereocenters. The number of carbonyl (C=O) groups is 2. The molecule has 0 unspecified atom stereocenters. The summed E-state index contributed by atoms with van der Waals surface area (Å²) in [6, 6.07) is 0. The van der Waals surface area contributed by atoms with Gasteiger partial charge in [0.15, 0.2) is 0 Å². The van der Waals surface area contributed by atoms with Crippen LogP contribution in [-0.4, -0.2) is 36.4 Å². The number of aliphatic hydroxyl groups excluding tert-OH is 1. The quantitative estimate of drug-likeness (QED) is 0.313. The topological polar surface area (TPSA) is 72.8 Å². The molecule has 5 rings (SSSR count). The molecule has 5 nitrogen and oxygen atoms in total. The second kappa shape index (κ2) is 8.57. The Bertz CT molecular complexity index is 1040. The standard InChI is InChI=1S/C33H52O5/c1-20(34)38-26-13-14-30(6)23(29(26,4)5)12-15-31(7)24(30)11-10-21-22-18-28(2,3)16-17-33(22,27(36)37-9)25(35)19-32(21,31)8/h10,22-26,35H,11-19H2,1-9H3/t22-,23+,24-,25-,26+,30+,31-,32-,33-/m1/s1. The Hall–Kier alpha value is -1.36. The van der Waals surface area contributed by atoms with E-state index < -0.39 is 11.5 Å². The number of fused-ring (bicyclic) bond motifs is 7. The Morgan fingerprint density at radius 1 is 0.921 bits per heavy atom. The Morgan fingerprint density at radius 2 is 1.61 bits per heavy atom. The van der Waals surface area contributed by atoms with E-state index in [0.717, 1.165) is 44.9 Å². The Morgan fingerprint density at radius 3 is 2.24 bits per heavy atom. The first-order valence-corrected chi connectivity index (χ1v) is 15.1. The molecule has 38 heavy (non-hydrogen) atoms. The maximum absolute atomic E-state index is 13.5. The number of rotatable bonds is 2. The average molecular weight is 529 g/mol. The van der Waals surface area contributed by atoms with Crippen LogP contribution in [0.2, 0.25) is 0 Å². The Balaban J connectivity index is 1.58. The van der Waals surface area contributed by atoms with Crippen LogP contribution in [0.4, 0.5) is 0 Å². The molecule has 0 saturated heterocycles. The fourth-order valence-electron chi connectivity index (χ4n) is 11.3. The molecule has 4 saturated carbocycles.